The van der Waals surface area contributed by atoms with E-state index in [4.69, 9.17) is 0 Å². The van der Waals surface area contributed by atoms with Gasteiger partial charge in [0, 0.05) is 17.6 Å². The standard InChI is InChI=1S/C23H24N2O2S2/c1-18-10-13-21(14-11-18)29(26,27)25-16-6-5-9-22(25)19-12-15-23(24-17-19)28-20-7-3-2-4-8-20/h2-4,7-8,10-15,17,22H,5-6,9,16H2,1H3/t22-/m1/s1. The number of hydrogen-bond acceptors (Lipinski definition) is 4. The van der Waals surface area contributed by atoms with Gasteiger partial charge in [-0.3, -0.25) is 0 Å². The van der Waals surface area contributed by atoms with Crippen molar-refractivity contribution in [2.24, 2.45) is 0 Å². The Hall–Kier alpha value is -2.15. The number of aromatic nitrogens is 1. The van der Waals surface area contributed by atoms with E-state index in [0.717, 1.165) is 40.3 Å². The normalized spacial score (nSPS) is 17.9. The topological polar surface area (TPSA) is 50.3 Å². The molecule has 29 heavy (non-hydrogen) atoms. The third-order valence-electron chi connectivity index (χ3n) is 5.19. The van der Waals surface area contributed by atoms with Gasteiger partial charge < -0.3 is 0 Å². The van der Waals surface area contributed by atoms with Crippen LogP contribution in [0.3, 0.4) is 0 Å². The molecule has 0 bridgehead atoms. The largest absolute Gasteiger partial charge is 0.249 e. The molecule has 2 aromatic carbocycles. The Morgan fingerprint density at radius 2 is 1.72 bits per heavy atom. The molecule has 1 fully saturated rings. The van der Waals surface area contributed by atoms with E-state index < -0.39 is 10.0 Å². The summed E-state index contributed by atoms with van der Waals surface area (Å²) in [6.07, 6.45) is 4.55. The molecule has 6 heteroatoms. The second-order valence-corrected chi connectivity index (χ2v) is 10.3. The molecular formula is C23H24N2O2S2. The fraction of sp³-hybridized carbons (Fsp3) is 0.261. The third-order valence-corrected chi connectivity index (χ3v) is 8.07. The summed E-state index contributed by atoms with van der Waals surface area (Å²) in [5, 5.41) is 0.906. The van der Waals surface area contributed by atoms with Gasteiger partial charge in [0.25, 0.3) is 0 Å². The lowest BCUT2D eigenvalue weighted by molar-refractivity contribution is 0.255. The van der Waals surface area contributed by atoms with E-state index in [2.05, 4.69) is 17.1 Å². The van der Waals surface area contributed by atoms with Crippen molar-refractivity contribution in [3.05, 3.63) is 84.1 Å². The van der Waals surface area contributed by atoms with Crippen molar-refractivity contribution in [1.82, 2.24) is 9.29 Å². The van der Waals surface area contributed by atoms with Crippen molar-refractivity contribution < 1.29 is 8.42 Å². The summed E-state index contributed by atoms with van der Waals surface area (Å²) in [7, 11) is -3.53. The number of aryl methyl sites for hydroxylation is 1. The van der Waals surface area contributed by atoms with Gasteiger partial charge in [-0.25, -0.2) is 13.4 Å². The van der Waals surface area contributed by atoms with E-state index in [1.165, 1.54) is 0 Å². The minimum Gasteiger partial charge on any atom is -0.249 e. The maximum atomic E-state index is 13.3. The lowest BCUT2D eigenvalue weighted by Crippen LogP contribution is -2.38. The Morgan fingerprint density at radius 1 is 0.966 bits per heavy atom. The van der Waals surface area contributed by atoms with Crippen LogP contribution in [0.2, 0.25) is 0 Å². The Kier molecular flexibility index (Phi) is 6.04. The van der Waals surface area contributed by atoms with Crippen molar-refractivity contribution in [2.75, 3.05) is 6.54 Å². The van der Waals surface area contributed by atoms with Crippen LogP contribution in [-0.2, 0) is 10.0 Å². The molecule has 150 valence electrons. The number of hydrogen-bond donors (Lipinski definition) is 0. The van der Waals surface area contributed by atoms with Crippen molar-refractivity contribution >= 4 is 21.8 Å². The molecule has 1 saturated heterocycles. The molecule has 0 saturated carbocycles. The minimum absolute atomic E-state index is 0.168. The summed E-state index contributed by atoms with van der Waals surface area (Å²) in [6, 6.07) is 21.1. The summed E-state index contributed by atoms with van der Waals surface area (Å²) < 4.78 is 28.2. The van der Waals surface area contributed by atoms with Gasteiger partial charge in [0.1, 0.15) is 5.03 Å². The lowest BCUT2D eigenvalue weighted by atomic mass is 9.99. The summed E-state index contributed by atoms with van der Waals surface area (Å²) >= 11 is 1.60. The van der Waals surface area contributed by atoms with Crippen LogP contribution in [0.5, 0.6) is 0 Å². The maximum absolute atomic E-state index is 13.3. The first-order valence-corrected chi connectivity index (χ1v) is 12.1. The van der Waals surface area contributed by atoms with E-state index in [1.807, 2.05) is 55.6 Å². The minimum atomic E-state index is -3.53. The van der Waals surface area contributed by atoms with E-state index in [0.29, 0.717) is 11.4 Å². The van der Waals surface area contributed by atoms with Crippen LogP contribution < -0.4 is 0 Å². The maximum Gasteiger partial charge on any atom is 0.243 e. The SMILES string of the molecule is Cc1ccc(S(=O)(=O)N2CCCC[C@@H]2c2ccc(Sc3ccccc3)nc2)cc1. The quantitative estimate of drug-likeness (QED) is 0.546. The Morgan fingerprint density at radius 3 is 2.41 bits per heavy atom. The van der Waals surface area contributed by atoms with Gasteiger partial charge in [-0.2, -0.15) is 4.31 Å². The van der Waals surface area contributed by atoms with Crippen molar-refractivity contribution in [3.8, 4) is 0 Å². The van der Waals surface area contributed by atoms with E-state index in [1.54, 1.807) is 28.2 Å². The first-order chi connectivity index (χ1) is 14.0. The predicted molar refractivity (Wildman–Crippen MR) is 116 cm³/mol. The number of piperidine rings is 1. The second kappa shape index (κ2) is 8.69. The highest BCUT2D eigenvalue weighted by Crippen LogP contribution is 2.36. The lowest BCUT2D eigenvalue weighted by Gasteiger charge is -2.34. The van der Waals surface area contributed by atoms with Gasteiger partial charge in [0.2, 0.25) is 10.0 Å². The molecule has 1 atom stereocenters. The predicted octanol–water partition coefficient (Wildman–Crippen LogP) is 5.46. The van der Waals surface area contributed by atoms with Crippen molar-refractivity contribution in [1.29, 1.82) is 0 Å². The second-order valence-electron chi connectivity index (χ2n) is 7.29. The van der Waals surface area contributed by atoms with Gasteiger partial charge in [-0.05, 0) is 55.7 Å². The highest BCUT2D eigenvalue weighted by Gasteiger charge is 2.34. The van der Waals surface area contributed by atoms with Crippen molar-refractivity contribution in [3.63, 3.8) is 0 Å². The highest BCUT2D eigenvalue weighted by molar-refractivity contribution is 7.99. The fourth-order valence-corrected chi connectivity index (χ4v) is 6.09. The van der Waals surface area contributed by atoms with Crippen LogP contribution >= 0.6 is 11.8 Å². The van der Waals surface area contributed by atoms with Crippen LogP contribution in [-0.4, -0.2) is 24.3 Å². The van der Waals surface area contributed by atoms with Gasteiger partial charge in [0.15, 0.2) is 0 Å². The van der Waals surface area contributed by atoms with Crippen LogP contribution in [0.15, 0.2) is 87.7 Å². The molecule has 1 aromatic heterocycles. The number of benzene rings is 2. The van der Waals surface area contributed by atoms with Crippen LogP contribution in [0.1, 0.15) is 36.4 Å². The van der Waals surface area contributed by atoms with Gasteiger partial charge >= 0.3 is 0 Å². The van der Waals surface area contributed by atoms with Gasteiger partial charge in [0.05, 0.1) is 10.9 Å². The number of pyridine rings is 1. The Balaban J connectivity index is 1.58. The molecule has 2 heterocycles. The molecule has 0 amide bonds. The zero-order valence-electron chi connectivity index (χ0n) is 16.4. The molecule has 1 aliphatic rings. The van der Waals surface area contributed by atoms with Crippen LogP contribution in [0.4, 0.5) is 0 Å². The number of nitrogens with zero attached hydrogens (tertiary/aromatic N) is 2. The van der Waals surface area contributed by atoms with E-state index in [-0.39, 0.29) is 6.04 Å². The molecule has 0 N–H and O–H groups in total. The molecule has 0 radical (unpaired) electrons. The van der Waals surface area contributed by atoms with E-state index in [9.17, 15) is 8.42 Å². The van der Waals surface area contributed by atoms with Crippen LogP contribution in [0.25, 0.3) is 0 Å². The van der Waals surface area contributed by atoms with Crippen LogP contribution in [0, 0.1) is 6.92 Å². The highest BCUT2D eigenvalue weighted by atomic mass is 32.2. The number of rotatable bonds is 5. The first kappa shape index (κ1) is 20.1. The molecule has 0 aliphatic carbocycles. The average Bonchev–Trinajstić information content (AvgIpc) is 2.75. The molecule has 4 rings (SSSR count). The zero-order valence-corrected chi connectivity index (χ0v) is 18.0. The molecule has 4 nitrogen and oxygen atoms in total. The summed E-state index contributed by atoms with van der Waals surface area (Å²) in [5.41, 5.74) is 2.01. The fourth-order valence-electron chi connectivity index (χ4n) is 3.63. The molecule has 0 unspecified atom stereocenters. The van der Waals surface area contributed by atoms with Gasteiger partial charge in [-0.15, -0.1) is 0 Å². The third kappa shape index (κ3) is 4.55. The first-order valence-electron chi connectivity index (χ1n) is 9.81. The molecule has 1 aliphatic heterocycles. The smallest absolute Gasteiger partial charge is 0.243 e. The Labute approximate surface area is 177 Å². The summed E-state index contributed by atoms with van der Waals surface area (Å²) in [5.74, 6) is 0. The zero-order chi connectivity index (χ0) is 20.3. The van der Waals surface area contributed by atoms with Gasteiger partial charge in [-0.1, -0.05) is 60.1 Å². The summed E-state index contributed by atoms with van der Waals surface area (Å²) in [6.45, 7) is 2.50. The van der Waals surface area contributed by atoms with Crippen molar-refractivity contribution in [2.45, 2.75) is 47.0 Å². The number of sulfonamides is 1. The molecule has 0 spiro atoms. The van der Waals surface area contributed by atoms with E-state index >= 15 is 0 Å². The Bertz CT molecular complexity index is 1050. The monoisotopic (exact) mass is 424 g/mol. The average molecular weight is 425 g/mol. The summed E-state index contributed by atoms with van der Waals surface area (Å²) in [4.78, 5) is 6.09. The molecular weight excluding hydrogens is 400 g/mol. The molecule has 3 aromatic rings.